The average Bonchev–Trinajstić information content (AvgIpc) is 2.94. The average molecular weight is 556 g/mol. The third-order valence-electron chi connectivity index (χ3n) is 7.26. The molecular weight excluding hydrogens is 527 g/mol. The van der Waals surface area contributed by atoms with Crippen molar-refractivity contribution in [2.75, 3.05) is 30.5 Å². The van der Waals surface area contributed by atoms with Crippen LogP contribution in [-0.4, -0.2) is 47.3 Å². The largest absolute Gasteiger partial charge is 0.473 e. The predicted octanol–water partition coefficient (Wildman–Crippen LogP) is 5.30. The molecule has 0 aliphatic carbocycles. The van der Waals surface area contributed by atoms with Crippen LogP contribution in [0.4, 0.5) is 24.5 Å². The first-order valence-corrected chi connectivity index (χ1v) is 12.8. The summed E-state index contributed by atoms with van der Waals surface area (Å²) < 4.78 is 50.9. The van der Waals surface area contributed by atoms with E-state index < -0.39 is 35.8 Å². The first kappa shape index (κ1) is 27.6. The molecule has 1 unspecified atom stereocenters. The Morgan fingerprint density at radius 1 is 1.18 bits per heavy atom. The zero-order valence-corrected chi connectivity index (χ0v) is 21.9. The van der Waals surface area contributed by atoms with Gasteiger partial charge in [-0.05, 0) is 85.7 Å². The maximum Gasteiger partial charge on any atom is 0.416 e. The van der Waals surface area contributed by atoms with E-state index in [1.807, 2.05) is 13.0 Å². The molecule has 0 spiro atoms. The number of fused-ring (bicyclic) bond motifs is 1. The molecule has 1 atom stereocenters. The number of nitrogens with one attached hydrogen (secondary N) is 2. The minimum Gasteiger partial charge on any atom is -0.473 e. The lowest BCUT2D eigenvalue weighted by atomic mass is 9.86. The molecule has 1 fully saturated rings. The number of aliphatic hydroxyl groups is 1. The van der Waals surface area contributed by atoms with Crippen molar-refractivity contribution in [2.45, 2.75) is 44.4 Å². The highest BCUT2D eigenvalue weighted by molar-refractivity contribution is 6.04. The highest BCUT2D eigenvalue weighted by atomic mass is 19.4. The Morgan fingerprint density at radius 3 is 2.62 bits per heavy atom. The van der Waals surface area contributed by atoms with E-state index in [0.717, 1.165) is 47.4 Å². The fourth-order valence-electron chi connectivity index (χ4n) is 4.89. The number of hydrogen-bond acceptors (Lipinski definition) is 6. The van der Waals surface area contributed by atoms with Crippen LogP contribution < -0.4 is 15.4 Å². The van der Waals surface area contributed by atoms with Crippen LogP contribution in [-0.2, 0) is 15.7 Å². The van der Waals surface area contributed by atoms with Crippen molar-refractivity contribution in [3.8, 4) is 16.9 Å². The van der Waals surface area contributed by atoms with E-state index in [0.29, 0.717) is 36.4 Å². The number of pyridine rings is 1. The number of nitrogens with zero attached hydrogens (tertiary/aromatic N) is 1. The maximum absolute atomic E-state index is 13.1. The van der Waals surface area contributed by atoms with Gasteiger partial charge in [0, 0.05) is 30.7 Å². The Labute approximate surface area is 228 Å². The number of aryl methyl sites for hydroxylation is 1. The molecule has 40 heavy (non-hydrogen) atoms. The van der Waals surface area contributed by atoms with Gasteiger partial charge in [0.05, 0.1) is 17.9 Å². The minimum absolute atomic E-state index is 0.0931. The maximum atomic E-state index is 13.1. The van der Waals surface area contributed by atoms with Crippen LogP contribution >= 0.6 is 0 Å². The Hall–Kier alpha value is -3.96. The van der Waals surface area contributed by atoms with E-state index in [1.54, 1.807) is 24.3 Å². The molecule has 11 heteroatoms. The van der Waals surface area contributed by atoms with Gasteiger partial charge in [-0.3, -0.25) is 14.6 Å². The molecule has 0 radical (unpaired) electrons. The number of aliphatic hydroxyl groups excluding tert-OH is 1. The van der Waals surface area contributed by atoms with Crippen molar-refractivity contribution >= 4 is 23.2 Å². The normalized spacial score (nSPS) is 19.4. The van der Waals surface area contributed by atoms with Crippen LogP contribution in [0.2, 0.25) is 0 Å². The van der Waals surface area contributed by atoms with E-state index in [-0.39, 0.29) is 11.6 Å². The molecule has 2 amide bonds. The van der Waals surface area contributed by atoms with Crippen molar-refractivity contribution in [3.63, 3.8) is 0 Å². The quantitative estimate of drug-likeness (QED) is 0.394. The first-order valence-electron chi connectivity index (χ1n) is 12.8. The smallest absolute Gasteiger partial charge is 0.416 e. The molecule has 1 aromatic heterocycles. The predicted molar refractivity (Wildman–Crippen MR) is 141 cm³/mol. The fraction of sp³-hybridized carbons (Fsp3) is 0.345. The summed E-state index contributed by atoms with van der Waals surface area (Å²) in [6.07, 6.45) is -2.15. The second-order valence-corrected chi connectivity index (χ2v) is 10.2. The summed E-state index contributed by atoms with van der Waals surface area (Å²) in [6, 6.07) is 10.4. The van der Waals surface area contributed by atoms with E-state index in [4.69, 9.17) is 9.47 Å². The lowest BCUT2D eigenvalue weighted by Crippen LogP contribution is -2.51. The van der Waals surface area contributed by atoms with E-state index in [2.05, 4.69) is 15.6 Å². The summed E-state index contributed by atoms with van der Waals surface area (Å²) in [5.74, 6) is -0.651. The van der Waals surface area contributed by atoms with Crippen LogP contribution in [0.3, 0.4) is 0 Å². The van der Waals surface area contributed by atoms with Gasteiger partial charge >= 0.3 is 6.18 Å². The van der Waals surface area contributed by atoms with Crippen LogP contribution in [0.25, 0.3) is 11.1 Å². The van der Waals surface area contributed by atoms with E-state index in [1.165, 1.54) is 6.92 Å². The molecule has 3 aromatic rings. The molecule has 2 aliphatic heterocycles. The zero-order valence-electron chi connectivity index (χ0n) is 21.9. The number of amides is 2. The third-order valence-corrected chi connectivity index (χ3v) is 7.26. The topological polar surface area (TPSA) is 110 Å². The number of ether oxygens (including phenoxy) is 2. The molecule has 0 bridgehead atoms. The number of halogens is 3. The number of anilines is 2. The number of carbonyl (C=O) groups is 2. The van der Waals surface area contributed by atoms with Gasteiger partial charge < -0.3 is 25.2 Å². The van der Waals surface area contributed by atoms with E-state index >= 15 is 0 Å². The number of rotatable bonds is 5. The number of alkyl halides is 3. The van der Waals surface area contributed by atoms with Crippen LogP contribution in [0.5, 0.6) is 5.75 Å². The highest BCUT2D eigenvalue weighted by Crippen LogP contribution is 2.46. The van der Waals surface area contributed by atoms with Gasteiger partial charge in [-0.2, -0.15) is 13.2 Å². The molecule has 210 valence electrons. The summed E-state index contributed by atoms with van der Waals surface area (Å²) in [6.45, 7) is 4.09. The lowest BCUT2D eigenvalue weighted by Gasteiger charge is -2.36. The molecule has 3 N–H and O–H groups in total. The minimum atomic E-state index is -4.60. The Bertz CT molecular complexity index is 1470. The lowest BCUT2D eigenvalue weighted by molar-refractivity contribution is -0.137. The first-order chi connectivity index (χ1) is 19.0. The van der Waals surface area contributed by atoms with Crippen molar-refractivity contribution in [3.05, 3.63) is 71.0 Å². The van der Waals surface area contributed by atoms with Crippen LogP contribution in [0.15, 0.2) is 48.7 Å². The van der Waals surface area contributed by atoms with Gasteiger partial charge in [-0.15, -0.1) is 0 Å². The van der Waals surface area contributed by atoms with Crippen LogP contribution in [0, 0.1) is 6.92 Å². The number of aromatic nitrogens is 1. The van der Waals surface area contributed by atoms with Gasteiger partial charge in [0.25, 0.3) is 11.8 Å². The van der Waals surface area contributed by atoms with Gasteiger partial charge in [0.2, 0.25) is 5.60 Å². The molecule has 2 aliphatic rings. The SMILES string of the molecule is Cc1ccc(NC(=O)c2cc(C(F)(F)F)ccn2)cc1-c1cc2c(c(C3CCOCC3)c1)OC(C)(CO)C(=O)N2. The zero-order chi connectivity index (χ0) is 28.7. The van der Waals surface area contributed by atoms with Crippen LogP contribution in [0.1, 0.15) is 52.9 Å². The van der Waals surface area contributed by atoms with Gasteiger partial charge in [0.15, 0.2) is 0 Å². The summed E-state index contributed by atoms with van der Waals surface area (Å²) >= 11 is 0. The molecule has 5 rings (SSSR count). The van der Waals surface area contributed by atoms with Crippen molar-refractivity contribution in [1.29, 1.82) is 0 Å². The summed E-state index contributed by atoms with van der Waals surface area (Å²) in [5.41, 5.74) is 1.33. The highest BCUT2D eigenvalue weighted by Gasteiger charge is 2.41. The monoisotopic (exact) mass is 555 g/mol. The summed E-state index contributed by atoms with van der Waals surface area (Å²) in [4.78, 5) is 29.3. The molecule has 2 aromatic carbocycles. The molecule has 3 heterocycles. The second-order valence-electron chi connectivity index (χ2n) is 10.2. The molecule has 0 saturated carbocycles. The molecular formula is C29H28F3N3O5. The summed E-state index contributed by atoms with van der Waals surface area (Å²) in [7, 11) is 0. The van der Waals surface area contributed by atoms with Gasteiger partial charge in [-0.1, -0.05) is 6.07 Å². The van der Waals surface area contributed by atoms with Crippen molar-refractivity contribution < 1.29 is 37.3 Å². The number of benzene rings is 2. The standard InChI is InChI=1S/C29H28F3N3O5/c1-16-3-4-20(34-26(37)24-13-19(5-8-33-24)29(30,31)32)14-21(16)18-11-22(17-6-9-39-10-7-17)25-23(12-18)35-27(38)28(2,15-36)40-25/h3-5,8,11-14,17,36H,6-7,9-10,15H2,1-2H3,(H,34,37)(H,35,38). The molecule has 1 saturated heterocycles. The van der Waals surface area contributed by atoms with Crippen molar-refractivity contribution in [2.24, 2.45) is 0 Å². The fourth-order valence-corrected chi connectivity index (χ4v) is 4.89. The third kappa shape index (κ3) is 5.39. The second kappa shape index (κ2) is 10.5. The Morgan fingerprint density at radius 2 is 1.93 bits per heavy atom. The summed E-state index contributed by atoms with van der Waals surface area (Å²) in [5, 5.41) is 15.4. The van der Waals surface area contributed by atoms with E-state index in [9.17, 15) is 27.9 Å². The molecule has 8 nitrogen and oxygen atoms in total. The number of hydrogen-bond donors (Lipinski definition) is 3. The van der Waals surface area contributed by atoms with Gasteiger partial charge in [-0.25, -0.2) is 0 Å². The Balaban J connectivity index is 1.52. The van der Waals surface area contributed by atoms with Crippen molar-refractivity contribution in [1.82, 2.24) is 4.98 Å². The van der Waals surface area contributed by atoms with Gasteiger partial charge in [0.1, 0.15) is 11.4 Å². The number of carbonyl (C=O) groups excluding carboxylic acids is 2. The Kier molecular flexibility index (Phi) is 7.28.